The van der Waals surface area contributed by atoms with E-state index in [4.69, 9.17) is 9.47 Å². The van der Waals surface area contributed by atoms with Crippen LogP contribution in [0.15, 0.2) is 16.6 Å². The predicted molar refractivity (Wildman–Crippen MR) is 110 cm³/mol. The summed E-state index contributed by atoms with van der Waals surface area (Å²) in [6.07, 6.45) is 0.287. The van der Waals surface area contributed by atoms with E-state index in [2.05, 4.69) is 46.9 Å². The Labute approximate surface area is 166 Å². The van der Waals surface area contributed by atoms with Crippen molar-refractivity contribution >= 4 is 21.8 Å². The lowest BCUT2D eigenvalue weighted by Gasteiger charge is -2.35. The van der Waals surface area contributed by atoms with Crippen LogP contribution < -0.4 is 14.8 Å². The summed E-state index contributed by atoms with van der Waals surface area (Å²) in [5.41, 5.74) is 0.859. The van der Waals surface area contributed by atoms with Gasteiger partial charge in [-0.25, -0.2) is 0 Å². The molecule has 148 valence electrons. The maximum Gasteiger partial charge on any atom is 0.224 e. The molecule has 0 heterocycles. The van der Waals surface area contributed by atoms with Gasteiger partial charge in [-0.15, -0.1) is 0 Å². The number of carbonyl (C=O) groups excluding carboxylic acids is 1. The van der Waals surface area contributed by atoms with Crippen LogP contribution in [0.1, 0.15) is 40.2 Å². The Bertz CT molecular complexity index is 603. The highest BCUT2D eigenvalue weighted by atomic mass is 79.9. The second kappa shape index (κ2) is 10.2. The van der Waals surface area contributed by atoms with Crippen LogP contribution in [0.4, 0.5) is 0 Å². The van der Waals surface area contributed by atoms with Gasteiger partial charge < -0.3 is 19.7 Å². The number of hydrogen-bond donors (Lipinski definition) is 1. The lowest BCUT2D eigenvalue weighted by Crippen LogP contribution is -2.47. The smallest absolute Gasteiger partial charge is 0.224 e. The molecule has 6 heteroatoms. The minimum Gasteiger partial charge on any atom is -0.490 e. The van der Waals surface area contributed by atoms with Crippen LogP contribution in [0, 0.1) is 5.41 Å². The lowest BCUT2D eigenvalue weighted by atomic mass is 9.85. The van der Waals surface area contributed by atoms with Crippen molar-refractivity contribution in [2.45, 2.75) is 47.1 Å². The Morgan fingerprint density at radius 1 is 1.19 bits per heavy atom. The van der Waals surface area contributed by atoms with E-state index in [1.165, 1.54) is 0 Å². The number of amides is 1. The van der Waals surface area contributed by atoms with Gasteiger partial charge in [-0.05, 0) is 58.0 Å². The van der Waals surface area contributed by atoms with Crippen LogP contribution in [0.2, 0.25) is 0 Å². The fourth-order valence-electron chi connectivity index (χ4n) is 2.86. The first kappa shape index (κ1) is 22.8. The van der Waals surface area contributed by atoms with E-state index in [0.29, 0.717) is 24.7 Å². The summed E-state index contributed by atoms with van der Waals surface area (Å²) in [5.74, 6) is 1.35. The molecule has 0 bridgehead atoms. The molecule has 1 N–H and O–H groups in total. The zero-order valence-electron chi connectivity index (χ0n) is 17.1. The van der Waals surface area contributed by atoms with Crippen LogP contribution >= 0.6 is 15.9 Å². The van der Waals surface area contributed by atoms with Gasteiger partial charge in [0.15, 0.2) is 11.5 Å². The van der Waals surface area contributed by atoms with Crippen LogP contribution in [0.25, 0.3) is 0 Å². The van der Waals surface area contributed by atoms with Crippen LogP contribution in [0.3, 0.4) is 0 Å². The third-order valence-corrected chi connectivity index (χ3v) is 5.08. The van der Waals surface area contributed by atoms with Gasteiger partial charge in [0.05, 0.1) is 19.6 Å². The Morgan fingerprint density at radius 3 is 2.23 bits per heavy atom. The normalized spacial score (nSPS) is 12.8. The van der Waals surface area contributed by atoms with E-state index in [0.717, 1.165) is 16.6 Å². The monoisotopic (exact) mass is 428 g/mol. The van der Waals surface area contributed by atoms with E-state index in [-0.39, 0.29) is 23.8 Å². The van der Waals surface area contributed by atoms with E-state index in [1.807, 2.05) is 40.1 Å². The third kappa shape index (κ3) is 6.80. The van der Waals surface area contributed by atoms with Gasteiger partial charge in [-0.1, -0.05) is 29.8 Å². The van der Waals surface area contributed by atoms with Crippen LogP contribution in [-0.2, 0) is 11.2 Å². The van der Waals surface area contributed by atoms with Crippen LogP contribution in [0.5, 0.6) is 11.5 Å². The van der Waals surface area contributed by atoms with Crippen molar-refractivity contribution in [3.8, 4) is 11.5 Å². The maximum absolute atomic E-state index is 12.6. The van der Waals surface area contributed by atoms with E-state index >= 15 is 0 Å². The van der Waals surface area contributed by atoms with E-state index in [1.54, 1.807) is 0 Å². The van der Waals surface area contributed by atoms with Crippen molar-refractivity contribution in [1.82, 2.24) is 10.2 Å². The van der Waals surface area contributed by atoms with E-state index in [9.17, 15) is 4.79 Å². The number of benzene rings is 1. The Hall–Kier alpha value is -1.27. The number of halogens is 1. The molecule has 26 heavy (non-hydrogen) atoms. The summed E-state index contributed by atoms with van der Waals surface area (Å²) in [6.45, 7) is 12.3. The Morgan fingerprint density at radius 2 is 1.73 bits per heavy atom. The molecule has 0 radical (unpaired) electrons. The number of hydrogen-bond acceptors (Lipinski definition) is 4. The first-order chi connectivity index (χ1) is 12.1. The first-order valence-corrected chi connectivity index (χ1v) is 9.92. The summed E-state index contributed by atoms with van der Waals surface area (Å²) < 4.78 is 12.1. The minimum absolute atomic E-state index is 0.00311. The number of rotatable bonds is 10. The summed E-state index contributed by atoms with van der Waals surface area (Å²) in [6, 6.07) is 3.81. The zero-order chi connectivity index (χ0) is 19.9. The van der Waals surface area contributed by atoms with Crippen molar-refractivity contribution < 1.29 is 14.3 Å². The van der Waals surface area contributed by atoms with Gasteiger partial charge in [0.2, 0.25) is 5.91 Å². The van der Waals surface area contributed by atoms with Crippen molar-refractivity contribution in [2.75, 3.05) is 33.9 Å². The van der Waals surface area contributed by atoms with E-state index < -0.39 is 0 Å². The second-order valence-electron chi connectivity index (χ2n) is 7.45. The first-order valence-electron chi connectivity index (χ1n) is 9.12. The molecule has 1 amide bonds. The molecule has 0 aliphatic heterocycles. The highest BCUT2D eigenvalue weighted by molar-refractivity contribution is 9.10. The van der Waals surface area contributed by atoms with Gasteiger partial charge in [0.1, 0.15) is 0 Å². The largest absolute Gasteiger partial charge is 0.490 e. The Kier molecular flexibility index (Phi) is 8.90. The molecule has 0 spiro atoms. The van der Waals surface area contributed by atoms with Crippen molar-refractivity contribution in [2.24, 2.45) is 5.41 Å². The Balaban J connectivity index is 2.87. The quantitative estimate of drug-likeness (QED) is 0.614. The van der Waals surface area contributed by atoms with Crippen molar-refractivity contribution in [3.63, 3.8) is 0 Å². The summed E-state index contributed by atoms with van der Waals surface area (Å²) in [7, 11) is 4.09. The molecule has 0 saturated carbocycles. The molecule has 0 aliphatic rings. The third-order valence-electron chi connectivity index (χ3n) is 4.34. The number of carbonyl (C=O) groups is 1. The predicted octanol–water partition coefficient (Wildman–Crippen LogP) is 3.88. The standard InChI is InChI=1S/C20H33BrN2O3/c1-8-25-17-10-15(16(21)12-18(17)26-9-2)11-19(24)22-14(3)20(4,5)13-23(6)7/h10,12,14H,8-9,11,13H2,1-7H3,(H,22,24)/t14-/m0/s1. The minimum atomic E-state index is -0.0221. The zero-order valence-corrected chi connectivity index (χ0v) is 18.7. The molecule has 0 fully saturated rings. The average Bonchev–Trinajstić information content (AvgIpc) is 2.50. The fraction of sp³-hybridized carbons (Fsp3) is 0.650. The van der Waals surface area contributed by atoms with Gasteiger partial charge in [0.25, 0.3) is 0 Å². The lowest BCUT2D eigenvalue weighted by molar-refractivity contribution is -0.121. The average molecular weight is 429 g/mol. The van der Waals surface area contributed by atoms with Crippen molar-refractivity contribution in [1.29, 1.82) is 0 Å². The molecule has 1 atom stereocenters. The highest BCUT2D eigenvalue weighted by Crippen LogP contribution is 2.34. The number of ether oxygens (including phenoxy) is 2. The molecular weight excluding hydrogens is 396 g/mol. The maximum atomic E-state index is 12.6. The fourth-order valence-corrected chi connectivity index (χ4v) is 3.32. The molecule has 0 unspecified atom stereocenters. The summed E-state index contributed by atoms with van der Waals surface area (Å²) in [4.78, 5) is 14.7. The van der Waals surface area contributed by atoms with Gasteiger partial charge in [-0.2, -0.15) is 0 Å². The summed E-state index contributed by atoms with van der Waals surface area (Å²) >= 11 is 3.55. The molecule has 0 aliphatic carbocycles. The summed E-state index contributed by atoms with van der Waals surface area (Å²) in [5, 5.41) is 3.13. The SMILES string of the molecule is CCOc1cc(Br)c(CC(=O)N[C@@H](C)C(C)(C)CN(C)C)cc1OCC. The number of nitrogens with one attached hydrogen (secondary N) is 1. The molecular formula is C20H33BrN2O3. The molecule has 0 aromatic heterocycles. The van der Waals surface area contributed by atoms with Gasteiger partial charge in [0, 0.05) is 17.1 Å². The molecule has 5 nitrogen and oxygen atoms in total. The molecule has 1 aromatic rings. The number of nitrogens with zero attached hydrogens (tertiary/aromatic N) is 1. The molecule has 1 aromatic carbocycles. The van der Waals surface area contributed by atoms with Gasteiger partial charge >= 0.3 is 0 Å². The van der Waals surface area contributed by atoms with Gasteiger partial charge in [-0.3, -0.25) is 4.79 Å². The highest BCUT2D eigenvalue weighted by Gasteiger charge is 2.28. The second-order valence-corrected chi connectivity index (χ2v) is 8.30. The molecule has 0 saturated heterocycles. The topological polar surface area (TPSA) is 50.8 Å². The van der Waals surface area contributed by atoms with Crippen LogP contribution in [-0.4, -0.2) is 50.7 Å². The van der Waals surface area contributed by atoms with Crippen molar-refractivity contribution in [3.05, 3.63) is 22.2 Å². The molecule has 1 rings (SSSR count).